The molecule has 0 bridgehead atoms. The third-order valence-corrected chi connectivity index (χ3v) is 3.19. The summed E-state index contributed by atoms with van der Waals surface area (Å²) in [5, 5.41) is 3.24. The maximum absolute atomic E-state index is 12.4. The van der Waals surface area contributed by atoms with Crippen molar-refractivity contribution in [1.82, 2.24) is 10.3 Å². The Balaban J connectivity index is 2.16. The Labute approximate surface area is 104 Å². The standard InChI is InChI=1S/C12H16F3N3/c1-2-18(10-5-6-16-8-10)11-4-3-9(7-17-11)12(13,14)15/h3-4,7,10,16H,2,5-6,8H2,1H3. The highest BCUT2D eigenvalue weighted by molar-refractivity contribution is 5.41. The number of pyridine rings is 1. The van der Waals surface area contributed by atoms with Crippen molar-refractivity contribution in [3.63, 3.8) is 0 Å². The SMILES string of the molecule is CCN(c1ccc(C(F)(F)F)cn1)C1CCNC1. The molecule has 3 nitrogen and oxygen atoms in total. The lowest BCUT2D eigenvalue weighted by atomic mass is 10.2. The highest BCUT2D eigenvalue weighted by atomic mass is 19.4. The first-order valence-electron chi connectivity index (χ1n) is 6.03. The molecule has 0 spiro atoms. The lowest BCUT2D eigenvalue weighted by molar-refractivity contribution is -0.137. The van der Waals surface area contributed by atoms with E-state index in [1.165, 1.54) is 6.07 Å². The number of aromatic nitrogens is 1. The molecule has 0 aromatic carbocycles. The lowest BCUT2D eigenvalue weighted by Crippen LogP contribution is -2.37. The number of hydrogen-bond acceptors (Lipinski definition) is 3. The van der Waals surface area contributed by atoms with Gasteiger partial charge < -0.3 is 10.2 Å². The molecule has 0 saturated carbocycles. The van der Waals surface area contributed by atoms with Gasteiger partial charge in [-0.05, 0) is 32.0 Å². The molecule has 100 valence electrons. The van der Waals surface area contributed by atoms with Crippen LogP contribution in [0, 0.1) is 0 Å². The fraction of sp³-hybridized carbons (Fsp3) is 0.583. The highest BCUT2D eigenvalue weighted by Crippen LogP contribution is 2.29. The zero-order chi connectivity index (χ0) is 13.2. The maximum Gasteiger partial charge on any atom is 0.417 e. The van der Waals surface area contributed by atoms with Crippen LogP contribution in [-0.2, 0) is 6.18 Å². The summed E-state index contributed by atoms with van der Waals surface area (Å²) in [7, 11) is 0. The Kier molecular flexibility index (Phi) is 3.75. The summed E-state index contributed by atoms with van der Waals surface area (Å²) in [4.78, 5) is 5.98. The van der Waals surface area contributed by atoms with Crippen LogP contribution in [0.2, 0.25) is 0 Å². The molecular formula is C12H16F3N3. The number of rotatable bonds is 3. The third kappa shape index (κ3) is 2.75. The van der Waals surface area contributed by atoms with E-state index in [4.69, 9.17) is 0 Å². The van der Waals surface area contributed by atoms with Crippen LogP contribution >= 0.6 is 0 Å². The molecule has 1 unspecified atom stereocenters. The second kappa shape index (κ2) is 5.14. The molecule has 6 heteroatoms. The van der Waals surface area contributed by atoms with Gasteiger partial charge in [0.25, 0.3) is 0 Å². The van der Waals surface area contributed by atoms with Crippen molar-refractivity contribution in [1.29, 1.82) is 0 Å². The molecular weight excluding hydrogens is 243 g/mol. The minimum absolute atomic E-state index is 0.319. The molecule has 1 atom stereocenters. The molecule has 1 aromatic heterocycles. The zero-order valence-electron chi connectivity index (χ0n) is 10.2. The second-order valence-corrected chi connectivity index (χ2v) is 4.34. The molecule has 1 aliphatic heterocycles. The Morgan fingerprint density at radius 1 is 1.44 bits per heavy atom. The molecule has 1 saturated heterocycles. The summed E-state index contributed by atoms with van der Waals surface area (Å²) in [6.07, 6.45) is -2.42. The van der Waals surface area contributed by atoms with Gasteiger partial charge in [-0.1, -0.05) is 0 Å². The van der Waals surface area contributed by atoms with Crippen molar-refractivity contribution in [3.05, 3.63) is 23.9 Å². The van der Waals surface area contributed by atoms with Gasteiger partial charge in [0.2, 0.25) is 0 Å². The van der Waals surface area contributed by atoms with Crippen molar-refractivity contribution in [2.45, 2.75) is 25.6 Å². The minimum atomic E-state index is -4.32. The number of alkyl halides is 3. The lowest BCUT2D eigenvalue weighted by Gasteiger charge is -2.28. The van der Waals surface area contributed by atoms with Gasteiger partial charge in [0.15, 0.2) is 0 Å². The fourth-order valence-corrected chi connectivity index (χ4v) is 2.24. The van der Waals surface area contributed by atoms with Crippen molar-refractivity contribution in [3.8, 4) is 0 Å². The quantitative estimate of drug-likeness (QED) is 0.902. The number of hydrogen-bond donors (Lipinski definition) is 1. The number of nitrogens with one attached hydrogen (secondary N) is 1. The van der Waals surface area contributed by atoms with Gasteiger partial charge in [0.1, 0.15) is 5.82 Å². The first-order chi connectivity index (χ1) is 8.52. The molecule has 1 N–H and O–H groups in total. The van der Waals surface area contributed by atoms with Gasteiger partial charge in [0.05, 0.1) is 5.56 Å². The first kappa shape index (κ1) is 13.1. The number of halogens is 3. The van der Waals surface area contributed by atoms with E-state index in [2.05, 4.69) is 10.3 Å². The molecule has 1 fully saturated rings. The summed E-state index contributed by atoms with van der Waals surface area (Å²) >= 11 is 0. The first-order valence-corrected chi connectivity index (χ1v) is 6.03. The maximum atomic E-state index is 12.4. The molecule has 1 aromatic rings. The fourth-order valence-electron chi connectivity index (χ4n) is 2.24. The van der Waals surface area contributed by atoms with Gasteiger partial charge in [0, 0.05) is 25.3 Å². The summed E-state index contributed by atoms with van der Waals surface area (Å²) in [5.41, 5.74) is -0.702. The average molecular weight is 259 g/mol. The van der Waals surface area contributed by atoms with E-state index in [-0.39, 0.29) is 0 Å². The van der Waals surface area contributed by atoms with Crippen LogP contribution in [-0.4, -0.2) is 30.7 Å². The Morgan fingerprint density at radius 2 is 2.22 bits per heavy atom. The molecule has 2 heterocycles. The third-order valence-electron chi connectivity index (χ3n) is 3.19. The van der Waals surface area contributed by atoms with Gasteiger partial charge in [-0.15, -0.1) is 0 Å². The van der Waals surface area contributed by atoms with E-state index in [0.717, 1.165) is 38.3 Å². The van der Waals surface area contributed by atoms with Crippen LogP contribution in [0.5, 0.6) is 0 Å². The van der Waals surface area contributed by atoms with Crippen molar-refractivity contribution in [2.75, 3.05) is 24.5 Å². The van der Waals surface area contributed by atoms with E-state index < -0.39 is 11.7 Å². The highest BCUT2D eigenvalue weighted by Gasteiger charge is 2.31. The van der Waals surface area contributed by atoms with E-state index in [0.29, 0.717) is 11.9 Å². The molecule has 1 aliphatic rings. The molecule has 0 amide bonds. The van der Waals surface area contributed by atoms with Crippen molar-refractivity contribution >= 4 is 5.82 Å². The Morgan fingerprint density at radius 3 is 2.67 bits per heavy atom. The van der Waals surface area contributed by atoms with E-state index in [1.54, 1.807) is 0 Å². The molecule has 0 aliphatic carbocycles. The number of nitrogens with zero attached hydrogens (tertiary/aromatic N) is 2. The van der Waals surface area contributed by atoms with Crippen LogP contribution in [0.25, 0.3) is 0 Å². The summed E-state index contributed by atoms with van der Waals surface area (Å²) in [5.74, 6) is 0.610. The van der Waals surface area contributed by atoms with E-state index in [1.807, 2.05) is 11.8 Å². The Hall–Kier alpha value is -1.30. The molecule has 2 rings (SSSR count). The van der Waals surface area contributed by atoms with E-state index >= 15 is 0 Å². The van der Waals surface area contributed by atoms with Crippen molar-refractivity contribution < 1.29 is 13.2 Å². The van der Waals surface area contributed by atoms with Gasteiger partial charge in [-0.2, -0.15) is 13.2 Å². The number of anilines is 1. The van der Waals surface area contributed by atoms with Gasteiger partial charge >= 0.3 is 6.18 Å². The second-order valence-electron chi connectivity index (χ2n) is 4.34. The molecule has 18 heavy (non-hydrogen) atoms. The van der Waals surface area contributed by atoms with Crippen LogP contribution in [0.3, 0.4) is 0 Å². The topological polar surface area (TPSA) is 28.2 Å². The molecule has 0 radical (unpaired) electrons. The van der Waals surface area contributed by atoms with Crippen molar-refractivity contribution in [2.24, 2.45) is 0 Å². The minimum Gasteiger partial charge on any atom is -0.353 e. The van der Waals surface area contributed by atoms with Gasteiger partial charge in [-0.3, -0.25) is 0 Å². The summed E-state index contributed by atoms with van der Waals surface area (Å²) < 4.78 is 37.3. The normalized spacial score (nSPS) is 20.1. The monoisotopic (exact) mass is 259 g/mol. The number of likely N-dealkylation sites (N-methyl/N-ethyl adjacent to an activating group) is 1. The Bertz CT molecular complexity index is 383. The smallest absolute Gasteiger partial charge is 0.353 e. The van der Waals surface area contributed by atoms with Gasteiger partial charge in [-0.25, -0.2) is 4.98 Å². The van der Waals surface area contributed by atoms with Crippen LogP contribution in [0.4, 0.5) is 19.0 Å². The zero-order valence-corrected chi connectivity index (χ0v) is 10.2. The summed E-state index contributed by atoms with van der Waals surface area (Å²) in [6.45, 7) is 4.53. The predicted octanol–water partition coefficient (Wildman–Crippen LogP) is 2.29. The summed E-state index contributed by atoms with van der Waals surface area (Å²) in [6, 6.07) is 2.86. The van der Waals surface area contributed by atoms with Crippen LogP contribution in [0.15, 0.2) is 18.3 Å². The largest absolute Gasteiger partial charge is 0.417 e. The van der Waals surface area contributed by atoms with E-state index in [9.17, 15) is 13.2 Å². The predicted molar refractivity (Wildman–Crippen MR) is 63.5 cm³/mol. The van der Waals surface area contributed by atoms with Crippen LogP contribution in [0.1, 0.15) is 18.9 Å². The van der Waals surface area contributed by atoms with Crippen LogP contribution < -0.4 is 10.2 Å². The average Bonchev–Trinajstić information content (AvgIpc) is 2.83.